The van der Waals surface area contributed by atoms with Crippen LogP contribution in [0, 0.1) is 5.82 Å². The third-order valence-electron chi connectivity index (χ3n) is 3.72. The highest BCUT2D eigenvalue weighted by molar-refractivity contribution is 6.30. The van der Waals surface area contributed by atoms with Crippen LogP contribution in [0.25, 0.3) is 0 Å². The van der Waals surface area contributed by atoms with Gasteiger partial charge in [0.25, 0.3) is 0 Å². The minimum atomic E-state index is -0.262. The van der Waals surface area contributed by atoms with Crippen molar-refractivity contribution in [1.29, 1.82) is 0 Å². The Morgan fingerprint density at radius 3 is 2.76 bits per heavy atom. The summed E-state index contributed by atoms with van der Waals surface area (Å²) in [5.74, 6) is 6.30. The fourth-order valence-electron chi connectivity index (χ4n) is 2.69. The van der Waals surface area contributed by atoms with Crippen LogP contribution in [-0.2, 0) is 12.8 Å². The number of nitrogens with one attached hydrogen (secondary N) is 1. The summed E-state index contributed by atoms with van der Waals surface area (Å²) in [6, 6.07) is 10.0. The molecular formula is C16H16ClFN2O. The van der Waals surface area contributed by atoms with Crippen molar-refractivity contribution in [2.24, 2.45) is 5.84 Å². The average molecular weight is 307 g/mol. The molecule has 110 valence electrons. The van der Waals surface area contributed by atoms with Gasteiger partial charge in [0.05, 0.1) is 12.6 Å². The number of hydrazine groups is 1. The molecule has 21 heavy (non-hydrogen) atoms. The van der Waals surface area contributed by atoms with E-state index < -0.39 is 0 Å². The number of halogens is 2. The van der Waals surface area contributed by atoms with E-state index in [2.05, 4.69) is 5.43 Å². The zero-order chi connectivity index (χ0) is 14.8. The van der Waals surface area contributed by atoms with Gasteiger partial charge in [-0.1, -0.05) is 23.7 Å². The topological polar surface area (TPSA) is 47.3 Å². The lowest BCUT2D eigenvalue weighted by Crippen LogP contribution is -2.29. The Kier molecular flexibility index (Phi) is 4.10. The van der Waals surface area contributed by atoms with Gasteiger partial charge in [-0.3, -0.25) is 11.3 Å². The molecule has 0 aliphatic carbocycles. The van der Waals surface area contributed by atoms with Gasteiger partial charge in [0.2, 0.25) is 0 Å². The second kappa shape index (κ2) is 6.02. The van der Waals surface area contributed by atoms with Crippen LogP contribution in [0.3, 0.4) is 0 Å². The van der Waals surface area contributed by atoms with Crippen molar-refractivity contribution >= 4 is 11.6 Å². The van der Waals surface area contributed by atoms with E-state index in [9.17, 15) is 4.39 Å². The molecule has 0 spiro atoms. The molecule has 1 aliphatic rings. The van der Waals surface area contributed by atoms with Crippen LogP contribution in [-0.4, -0.2) is 6.61 Å². The fraction of sp³-hybridized carbons (Fsp3) is 0.250. The summed E-state index contributed by atoms with van der Waals surface area (Å²) in [6.07, 6.45) is 1.51. The smallest absolute Gasteiger partial charge is 0.125 e. The van der Waals surface area contributed by atoms with Crippen molar-refractivity contribution < 1.29 is 9.13 Å². The van der Waals surface area contributed by atoms with Gasteiger partial charge < -0.3 is 4.74 Å². The first-order valence-electron chi connectivity index (χ1n) is 6.83. The van der Waals surface area contributed by atoms with Crippen LogP contribution in [0.15, 0.2) is 36.4 Å². The Labute approximate surface area is 127 Å². The molecule has 3 N–H and O–H groups in total. The van der Waals surface area contributed by atoms with Crippen molar-refractivity contribution in [1.82, 2.24) is 5.43 Å². The van der Waals surface area contributed by atoms with E-state index in [-0.39, 0.29) is 11.9 Å². The summed E-state index contributed by atoms with van der Waals surface area (Å²) >= 11 is 6.17. The molecule has 2 aromatic rings. The largest absolute Gasteiger partial charge is 0.493 e. The molecular weight excluding hydrogens is 291 g/mol. The van der Waals surface area contributed by atoms with Gasteiger partial charge >= 0.3 is 0 Å². The van der Waals surface area contributed by atoms with E-state index in [0.29, 0.717) is 18.1 Å². The molecule has 1 aliphatic heterocycles. The van der Waals surface area contributed by atoms with E-state index in [4.69, 9.17) is 22.2 Å². The molecule has 0 aromatic heterocycles. The number of nitrogens with two attached hydrogens (primary N) is 1. The summed E-state index contributed by atoms with van der Waals surface area (Å²) in [4.78, 5) is 0. The molecule has 0 radical (unpaired) electrons. The van der Waals surface area contributed by atoms with Crippen molar-refractivity contribution in [2.45, 2.75) is 18.9 Å². The number of fused-ring (bicyclic) bond motifs is 1. The fourth-order valence-corrected chi connectivity index (χ4v) is 2.95. The van der Waals surface area contributed by atoms with E-state index in [0.717, 1.165) is 28.9 Å². The molecule has 3 rings (SSSR count). The Morgan fingerprint density at radius 2 is 2.05 bits per heavy atom. The van der Waals surface area contributed by atoms with Crippen molar-refractivity contribution in [3.05, 3.63) is 63.9 Å². The van der Waals surface area contributed by atoms with E-state index in [1.54, 1.807) is 12.1 Å². The molecule has 0 bridgehead atoms. The lowest BCUT2D eigenvalue weighted by Gasteiger charge is -2.18. The second-order valence-corrected chi connectivity index (χ2v) is 5.56. The van der Waals surface area contributed by atoms with Crippen LogP contribution in [0.5, 0.6) is 5.75 Å². The van der Waals surface area contributed by atoms with Gasteiger partial charge in [0.1, 0.15) is 11.6 Å². The van der Waals surface area contributed by atoms with Crippen LogP contribution < -0.4 is 16.0 Å². The number of hydrogen-bond donors (Lipinski definition) is 2. The molecule has 0 saturated heterocycles. The number of hydrogen-bond acceptors (Lipinski definition) is 3. The van der Waals surface area contributed by atoms with Gasteiger partial charge in [-0.05, 0) is 47.4 Å². The molecule has 1 unspecified atom stereocenters. The van der Waals surface area contributed by atoms with E-state index >= 15 is 0 Å². The summed E-state index contributed by atoms with van der Waals surface area (Å²) in [5, 5.41) is 0.698. The third kappa shape index (κ3) is 3.02. The van der Waals surface area contributed by atoms with E-state index in [1.165, 1.54) is 12.1 Å². The summed E-state index contributed by atoms with van der Waals surface area (Å²) < 4.78 is 18.7. The molecule has 5 heteroatoms. The highest BCUT2D eigenvalue weighted by Crippen LogP contribution is 2.35. The minimum Gasteiger partial charge on any atom is -0.493 e. The van der Waals surface area contributed by atoms with Gasteiger partial charge in [-0.2, -0.15) is 0 Å². The van der Waals surface area contributed by atoms with Crippen molar-refractivity contribution in [2.75, 3.05) is 6.61 Å². The van der Waals surface area contributed by atoms with Gasteiger partial charge in [0, 0.05) is 11.4 Å². The molecule has 0 fully saturated rings. The lowest BCUT2D eigenvalue weighted by atomic mass is 9.97. The van der Waals surface area contributed by atoms with Gasteiger partial charge in [0.15, 0.2) is 0 Å². The molecule has 2 aromatic carbocycles. The second-order valence-electron chi connectivity index (χ2n) is 5.13. The van der Waals surface area contributed by atoms with Gasteiger partial charge in [-0.25, -0.2) is 4.39 Å². The quantitative estimate of drug-likeness (QED) is 0.674. The zero-order valence-electron chi connectivity index (χ0n) is 11.4. The first kappa shape index (κ1) is 14.3. The number of rotatable bonds is 4. The Hall–Kier alpha value is -1.62. The average Bonchev–Trinajstić information content (AvgIpc) is 2.94. The zero-order valence-corrected chi connectivity index (χ0v) is 12.2. The predicted octanol–water partition coefficient (Wildman–Crippen LogP) is 3.16. The molecule has 0 saturated carbocycles. The van der Waals surface area contributed by atoms with Crippen molar-refractivity contribution in [3.63, 3.8) is 0 Å². The first-order valence-corrected chi connectivity index (χ1v) is 7.21. The minimum absolute atomic E-state index is 0.127. The summed E-state index contributed by atoms with van der Waals surface area (Å²) in [7, 11) is 0. The first-order chi connectivity index (χ1) is 10.2. The SMILES string of the molecule is NNC(Cc1cc(Cl)cc2c1OCC2)c1ccc(F)cc1. The molecule has 1 atom stereocenters. The highest BCUT2D eigenvalue weighted by Gasteiger charge is 2.20. The summed E-state index contributed by atoms with van der Waals surface area (Å²) in [5.41, 5.74) is 5.85. The van der Waals surface area contributed by atoms with E-state index in [1.807, 2.05) is 12.1 Å². The molecule has 3 nitrogen and oxygen atoms in total. The Morgan fingerprint density at radius 1 is 1.29 bits per heavy atom. The number of benzene rings is 2. The van der Waals surface area contributed by atoms with Gasteiger partial charge in [-0.15, -0.1) is 0 Å². The standard InChI is InChI=1S/C16H16ClFN2O/c17-13-7-11-5-6-21-16(11)12(8-13)9-15(20-19)10-1-3-14(18)4-2-10/h1-4,7-8,15,20H,5-6,9,19H2. The maximum absolute atomic E-state index is 13.0. The van der Waals surface area contributed by atoms with Crippen LogP contribution in [0.1, 0.15) is 22.7 Å². The Balaban J connectivity index is 1.89. The monoisotopic (exact) mass is 306 g/mol. The normalized spacial score (nSPS) is 14.6. The van der Waals surface area contributed by atoms with Crippen LogP contribution >= 0.6 is 11.6 Å². The third-order valence-corrected chi connectivity index (χ3v) is 3.94. The van der Waals surface area contributed by atoms with Crippen LogP contribution in [0.4, 0.5) is 4.39 Å². The lowest BCUT2D eigenvalue weighted by molar-refractivity contribution is 0.351. The number of ether oxygens (including phenoxy) is 1. The van der Waals surface area contributed by atoms with Crippen molar-refractivity contribution in [3.8, 4) is 5.75 Å². The van der Waals surface area contributed by atoms with Crippen LogP contribution in [0.2, 0.25) is 5.02 Å². The summed E-state index contributed by atoms with van der Waals surface area (Å²) in [6.45, 7) is 0.681. The predicted molar refractivity (Wildman–Crippen MR) is 80.8 cm³/mol. The Bertz CT molecular complexity index is 645. The maximum atomic E-state index is 13.0. The molecule has 0 amide bonds. The molecule has 1 heterocycles. The maximum Gasteiger partial charge on any atom is 0.125 e. The highest BCUT2D eigenvalue weighted by atomic mass is 35.5.